The highest BCUT2D eigenvalue weighted by molar-refractivity contribution is 7.89. The fourth-order valence-electron chi connectivity index (χ4n) is 3.74. The smallest absolute Gasteiger partial charge is 0.241 e. The maximum Gasteiger partial charge on any atom is 0.241 e. The summed E-state index contributed by atoms with van der Waals surface area (Å²) in [6, 6.07) is 12.5. The van der Waals surface area contributed by atoms with Crippen LogP contribution in [0.4, 0.5) is 0 Å². The topological polar surface area (TPSA) is 109 Å². The van der Waals surface area contributed by atoms with Gasteiger partial charge in [-0.25, -0.2) is 13.1 Å². The van der Waals surface area contributed by atoms with Crippen LogP contribution < -0.4 is 4.72 Å². The lowest BCUT2D eigenvalue weighted by atomic mass is 10.0. The molecule has 4 rings (SSSR count). The fraction of sp³-hybridized carbons (Fsp3) is 0.348. The number of aryl methyl sites for hydroxylation is 1. The number of aromatic nitrogens is 4. The van der Waals surface area contributed by atoms with Crippen LogP contribution in [-0.2, 0) is 10.0 Å². The summed E-state index contributed by atoms with van der Waals surface area (Å²) in [5.74, 6) is 0.858. The summed E-state index contributed by atoms with van der Waals surface area (Å²) in [5, 5.41) is 24.7. The van der Waals surface area contributed by atoms with E-state index in [0.717, 1.165) is 16.6 Å². The van der Waals surface area contributed by atoms with Gasteiger partial charge in [0.25, 0.3) is 0 Å². The fourth-order valence-corrected chi connectivity index (χ4v) is 5.32. The Balaban J connectivity index is 1.95. The van der Waals surface area contributed by atoms with Crippen molar-refractivity contribution in [3.63, 3.8) is 0 Å². The first-order valence-corrected chi connectivity index (χ1v) is 12.1. The quantitative estimate of drug-likeness (QED) is 0.444. The number of rotatable bonds is 7. The number of hydrogen-bond acceptors (Lipinski definition) is 6. The third-order valence-electron chi connectivity index (χ3n) is 5.59. The van der Waals surface area contributed by atoms with Crippen LogP contribution in [0.1, 0.15) is 44.5 Å². The third-order valence-corrected chi connectivity index (χ3v) is 7.25. The molecule has 0 radical (unpaired) electrons. The van der Waals surface area contributed by atoms with Crippen molar-refractivity contribution >= 4 is 26.4 Å². The number of sulfonamides is 1. The number of fused-ring (bicyclic) bond motifs is 3. The Hall–Kier alpha value is -2.88. The van der Waals surface area contributed by atoms with Gasteiger partial charge in [0.2, 0.25) is 10.0 Å². The molecule has 2 aromatic carbocycles. The SMILES string of the molecule is CC[C@H](CO)NS(=O)(=O)c1cc(-c2nn3c(C(C)C)nnc3c3ccccc23)ccc1C. The van der Waals surface area contributed by atoms with Crippen LogP contribution >= 0.6 is 0 Å². The Morgan fingerprint density at radius 3 is 2.47 bits per heavy atom. The van der Waals surface area contributed by atoms with Gasteiger partial charge in [-0.3, -0.25) is 0 Å². The van der Waals surface area contributed by atoms with Gasteiger partial charge >= 0.3 is 0 Å². The second kappa shape index (κ2) is 8.57. The van der Waals surface area contributed by atoms with Gasteiger partial charge in [-0.05, 0) is 25.0 Å². The first-order chi connectivity index (χ1) is 15.3. The van der Waals surface area contributed by atoms with Crippen LogP contribution in [0, 0.1) is 6.92 Å². The van der Waals surface area contributed by atoms with E-state index in [2.05, 4.69) is 14.9 Å². The van der Waals surface area contributed by atoms with E-state index in [1.807, 2.05) is 51.1 Å². The Labute approximate surface area is 187 Å². The zero-order chi connectivity index (χ0) is 23.0. The van der Waals surface area contributed by atoms with Crippen molar-refractivity contribution in [2.45, 2.75) is 51.0 Å². The summed E-state index contributed by atoms with van der Waals surface area (Å²) in [6.45, 7) is 7.37. The number of nitrogens with one attached hydrogen (secondary N) is 1. The number of hydrogen-bond donors (Lipinski definition) is 2. The zero-order valence-corrected chi connectivity index (χ0v) is 19.4. The molecule has 0 bridgehead atoms. The van der Waals surface area contributed by atoms with Gasteiger partial charge in [-0.15, -0.1) is 10.2 Å². The second-order valence-corrected chi connectivity index (χ2v) is 9.91. The Kier molecular flexibility index (Phi) is 5.98. The lowest BCUT2D eigenvalue weighted by Gasteiger charge is -2.17. The highest BCUT2D eigenvalue weighted by Crippen LogP contribution is 2.32. The van der Waals surface area contributed by atoms with Crippen LogP contribution in [0.25, 0.3) is 27.7 Å². The molecule has 0 saturated carbocycles. The van der Waals surface area contributed by atoms with Gasteiger partial charge in [0, 0.05) is 28.3 Å². The van der Waals surface area contributed by atoms with Gasteiger partial charge in [0.15, 0.2) is 11.5 Å². The first kappa shape index (κ1) is 22.3. The van der Waals surface area contributed by atoms with Crippen molar-refractivity contribution in [3.8, 4) is 11.3 Å². The van der Waals surface area contributed by atoms with E-state index in [-0.39, 0.29) is 17.4 Å². The molecule has 168 valence electrons. The van der Waals surface area contributed by atoms with Crippen LogP contribution in [-0.4, -0.2) is 46.0 Å². The minimum Gasteiger partial charge on any atom is -0.395 e. The predicted octanol–water partition coefficient (Wildman–Crippen LogP) is 3.43. The number of benzene rings is 2. The molecule has 0 aliphatic heterocycles. The lowest BCUT2D eigenvalue weighted by Crippen LogP contribution is -2.37. The van der Waals surface area contributed by atoms with E-state index in [9.17, 15) is 13.5 Å². The summed E-state index contributed by atoms with van der Waals surface area (Å²) in [5.41, 5.74) is 2.62. The van der Waals surface area contributed by atoms with Crippen LogP contribution in [0.15, 0.2) is 47.4 Å². The molecule has 8 nitrogen and oxygen atoms in total. The molecule has 0 aliphatic rings. The number of nitrogens with zero attached hydrogens (tertiary/aromatic N) is 4. The van der Waals surface area contributed by atoms with Crippen molar-refractivity contribution in [2.75, 3.05) is 6.61 Å². The highest BCUT2D eigenvalue weighted by atomic mass is 32.2. The Morgan fingerprint density at radius 1 is 1.09 bits per heavy atom. The lowest BCUT2D eigenvalue weighted by molar-refractivity contribution is 0.254. The maximum absolute atomic E-state index is 13.1. The van der Waals surface area contributed by atoms with E-state index in [1.165, 1.54) is 0 Å². The highest BCUT2D eigenvalue weighted by Gasteiger charge is 2.23. The molecule has 2 heterocycles. The second-order valence-electron chi connectivity index (χ2n) is 8.23. The van der Waals surface area contributed by atoms with E-state index in [1.54, 1.807) is 23.6 Å². The van der Waals surface area contributed by atoms with Crippen LogP contribution in [0.3, 0.4) is 0 Å². The number of aliphatic hydroxyl groups is 1. The van der Waals surface area contributed by atoms with Crippen molar-refractivity contribution in [3.05, 3.63) is 53.9 Å². The van der Waals surface area contributed by atoms with Gasteiger partial charge in [0.05, 0.1) is 17.2 Å². The predicted molar refractivity (Wildman–Crippen MR) is 124 cm³/mol. The Bertz CT molecular complexity index is 1390. The van der Waals surface area contributed by atoms with Crippen molar-refractivity contribution < 1.29 is 13.5 Å². The normalized spacial score (nSPS) is 13.3. The van der Waals surface area contributed by atoms with Crippen LogP contribution in [0.2, 0.25) is 0 Å². The summed E-state index contributed by atoms with van der Waals surface area (Å²) >= 11 is 0. The molecule has 0 spiro atoms. The molecular weight excluding hydrogens is 426 g/mol. The molecule has 0 fully saturated rings. The zero-order valence-electron chi connectivity index (χ0n) is 18.6. The summed E-state index contributed by atoms with van der Waals surface area (Å²) < 4.78 is 30.5. The third kappa shape index (κ3) is 3.87. The molecule has 0 saturated heterocycles. The molecule has 0 amide bonds. The maximum atomic E-state index is 13.1. The molecule has 9 heteroatoms. The van der Waals surface area contributed by atoms with E-state index >= 15 is 0 Å². The number of aliphatic hydroxyl groups excluding tert-OH is 1. The van der Waals surface area contributed by atoms with E-state index in [0.29, 0.717) is 28.9 Å². The van der Waals surface area contributed by atoms with E-state index in [4.69, 9.17) is 5.10 Å². The van der Waals surface area contributed by atoms with Gasteiger partial charge < -0.3 is 5.11 Å². The van der Waals surface area contributed by atoms with Crippen molar-refractivity contribution in [1.82, 2.24) is 24.5 Å². The Morgan fingerprint density at radius 2 is 1.81 bits per heavy atom. The monoisotopic (exact) mass is 453 g/mol. The molecule has 0 aliphatic carbocycles. The molecular formula is C23H27N5O3S. The van der Waals surface area contributed by atoms with Gasteiger partial charge in [-0.2, -0.15) is 9.61 Å². The first-order valence-electron chi connectivity index (χ1n) is 10.6. The molecule has 0 unspecified atom stereocenters. The van der Waals surface area contributed by atoms with Gasteiger partial charge in [-0.1, -0.05) is 57.2 Å². The summed E-state index contributed by atoms with van der Waals surface area (Å²) in [7, 11) is -3.82. The molecule has 1 atom stereocenters. The van der Waals surface area contributed by atoms with Crippen molar-refractivity contribution in [1.29, 1.82) is 0 Å². The average molecular weight is 454 g/mol. The largest absolute Gasteiger partial charge is 0.395 e. The average Bonchev–Trinajstić information content (AvgIpc) is 3.22. The van der Waals surface area contributed by atoms with Crippen LogP contribution in [0.5, 0.6) is 0 Å². The minimum atomic E-state index is -3.82. The summed E-state index contributed by atoms with van der Waals surface area (Å²) in [6.07, 6.45) is 0.489. The van der Waals surface area contributed by atoms with Gasteiger partial charge in [0.1, 0.15) is 0 Å². The van der Waals surface area contributed by atoms with E-state index < -0.39 is 16.1 Å². The van der Waals surface area contributed by atoms with Crippen molar-refractivity contribution in [2.24, 2.45) is 0 Å². The molecule has 2 aromatic heterocycles. The molecule has 2 N–H and O–H groups in total. The molecule has 32 heavy (non-hydrogen) atoms. The minimum absolute atomic E-state index is 0.120. The molecule has 4 aromatic rings. The standard InChI is InChI=1S/C23H27N5O3S/c1-5-17(13-29)27-32(30,31)20-12-16(11-10-15(20)4)21-18-8-6-7-9-19(18)23-25-24-22(14(2)3)28(23)26-21/h6-12,14,17,27,29H,5,13H2,1-4H3/t17-/m1/s1. The summed E-state index contributed by atoms with van der Waals surface area (Å²) in [4.78, 5) is 0.167.